The Hall–Kier alpha value is -2.21. The van der Waals surface area contributed by atoms with Crippen LogP contribution in [-0.2, 0) is 0 Å². The van der Waals surface area contributed by atoms with Crippen molar-refractivity contribution in [1.29, 1.82) is 0 Å². The Labute approximate surface area is 128 Å². The number of halogens is 2. The maximum atomic E-state index is 13.3. The number of fused-ring (bicyclic) bond motifs is 1. The van der Waals surface area contributed by atoms with Gasteiger partial charge in [-0.15, -0.1) is 0 Å². The van der Waals surface area contributed by atoms with Gasteiger partial charge in [0.2, 0.25) is 0 Å². The monoisotopic (exact) mass is 348 g/mol. The molecule has 21 heavy (non-hydrogen) atoms. The maximum Gasteiger partial charge on any atom is 0.337 e. The number of carboxylic acid groups (broad SMARTS) is 1. The molecule has 0 aliphatic rings. The summed E-state index contributed by atoms with van der Waals surface area (Å²) < 4.78 is 15.8. The third-order valence-corrected chi connectivity index (χ3v) is 3.91. The van der Waals surface area contributed by atoms with Gasteiger partial charge in [0.15, 0.2) is 0 Å². The van der Waals surface area contributed by atoms with Crippen molar-refractivity contribution in [2.75, 3.05) is 0 Å². The molecule has 0 amide bonds. The lowest BCUT2D eigenvalue weighted by Gasteiger charge is -2.09. The Balaban J connectivity index is 2.37. The predicted molar refractivity (Wildman–Crippen MR) is 80.4 cm³/mol. The predicted octanol–water partition coefficient (Wildman–Crippen LogP) is 3.93. The third-order valence-electron chi connectivity index (χ3n) is 3.30. The minimum atomic E-state index is -1.18. The standard InChI is InChI=1S/C15H10BrFN2O2/c1-8-5-18-6-13-14(8)11(16)7-19(13)12-3-2-9(17)4-10(12)15(20)21/h2-7H,1H3,(H,20,21). The molecule has 0 bridgehead atoms. The van der Waals surface area contributed by atoms with Crippen LogP contribution in [0.4, 0.5) is 4.39 Å². The second-order valence-corrected chi connectivity index (χ2v) is 5.52. The van der Waals surface area contributed by atoms with Gasteiger partial charge in [-0.1, -0.05) is 0 Å². The van der Waals surface area contributed by atoms with E-state index in [1.165, 1.54) is 12.1 Å². The number of aromatic nitrogens is 2. The molecule has 1 N–H and O–H groups in total. The summed E-state index contributed by atoms with van der Waals surface area (Å²) in [6.45, 7) is 1.92. The fourth-order valence-electron chi connectivity index (χ4n) is 2.38. The van der Waals surface area contributed by atoms with E-state index in [2.05, 4.69) is 20.9 Å². The van der Waals surface area contributed by atoms with Gasteiger partial charge in [0.1, 0.15) is 5.82 Å². The van der Waals surface area contributed by atoms with Crippen molar-refractivity contribution in [3.8, 4) is 5.69 Å². The summed E-state index contributed by atoms with van der Waals surface area (Å²) in [5.74, 6) is -1.76. The average Bonchev–Trinajstić information content (AvgIpc) is 2.77. The number of pyridine rings is 1. The molecule has 0 saturated carbocycles. The second-order valence-electron chi connectivity index (χ2n) is 4.66. The number of rotatable bonds is 2. The van der Waals surface area contributed by atoms with E-state index >= 15 is 0 Å². The lowest BCUT2D eigenvalue weighted by atomic mass is 10.1. The van der Waals surface area contributed by atoms with Gasteiger partial charge in [-0.25, -0.2) is 9.18 Å². The number of aryl methyl sites for hydroxylation is 1. The highest BCUT2D eigenvalue weighted by molar-refractivity contribution is 9.10. The van der Waals surface area contributed by atoms with Gasteiger partial charge in [0.25, 0.3) is 0 Å². The van der Waals surface area contributed by atoms with Crippen LogP contribution in [0.3, 0.4) is 0 Å². The first-order valence-electron chi connectivity index (χ1n) is 6.13. The van der Waals surface area contributed by atoms with Crippen LogP contribution >= 0.6 is 15.9 Å². The fourth-order valence-corrected chi connectivity index (χ4v) is 3.10. The molecule has 0 unspecified atom stereocenters. The molecule has 6 heteroatoms. The SMILES string of the molecule is Cc1cncc2c1c(Br)cn2-c1ccc(F)cc1C(=O)O. The van der Waals surface area contributed by atoms with Crippen molar-refractivity contribution in [3.63, 3.8) is 0 Å². The van der Waals surface area contributed by atoms with Gasteiger partial charge in [-0.3, -0.25) is 4.98 Å². The van der Waals surface area contributed by atoms with E-state index in [0.29, 0.717) is 5.69 Å². The molecular weight excluding hydrogens is 339 g/mol. The van der Waals surface area contributed by atoms with Crippen molar-refractivity contribution < 1.29 is 14.3 Å². The zero-order valence-electron chi connectivity index (χ0n) is 11.0. The highest BCUT2D eigenvalue weighted by Gasteiger charge is 2.17. The molecule has 0 fully saturated rings. The number of benzene rings is 1. The van der Waals surface area contributed by atoms with Gasteiger partial charge >= 0.3 is 5.97 Å². The molecule has 0 aliphatic heterocycles. The summed E-state index contributed by atoms with van der Waals surface area (Å²) >= 11 is 3.47. The molecule has 0 radical (unpaired) electrons. The van der Waals surface area contributed by atoms with Gasteiger partial charge in [-0.05, 0) is 46.6 Å². The summed E-state index contributed by atoms with van der Waals surface area (Å²) in [6.07, 6.45) is 5.15. The largest absolute Gasteiger partial charge is 0.478 e. The Morgan fingerprint density at radius 1 is 1.38 bits per heavy atom. The van der Waals surface area contributed by atoms with E-state index in [1.54, 1.807) is 23.2 Å². The van der Waals surface area contributed by atoms with Gasteiger partial charge < -0.3 is 9.67 Å². The molecule has 2 heterocycles. The molecule has 106 valence electrons. The first-order chi connectivity index (χ1) is 9.99. The lowest BCUT2D eigenvalue weighted by Crippen LogP contribution is -2.05. The minimum Gasteiger partial charge on any atom is -0.478 e. The summed E-state index contributed by atoms with van der Waals surface area (Å²) in [7, 11) is 0. The van der Waals surface area contributed by atoms with Crippen LogP contribution in [0.5, 0.6) is 0 Å². The van der Waals surface area contributed by atoms with Gasteiger partial charge in [-0.2, -0.15) is 0 Å². The average molecular weight is 349 g/mol. The quantitative estimate of drug-likeness (QED) is 0.763. The normalized spacial score (nSPS) is 11.0. The number of carboxylic acids is 1. The molecule has 4 nitrogen and oxygen atoms in total. The maximum absolute atomic E-state index is 13.3. The van der Waals surface area contributed by atoms with E-state index < -0.39 is 11.8 Å². The Morgan fingerprint density at radius 3 is 2.86 bits per heavy atom. The van der Waals surface area contributed by atoms with Crippen LogP contribution in [0.1, 0.15) is 15.9 Å². The number of nitrogens with zero attached hydrogens (tertiary/aromatic N) is 2. The molecule has 3 aromatic rings. The van der Waals surface area contributed by atoms with Gasteiger partial charge in [0.05, 0.1) is 23.0 Å². The summed E-state index contributed by atoms with van der Waals surface area (Å²) in [6, 6.07) is 3.71. The van der Waals surface area contributed by atoms with Crippen LogP contribution in [0, 0.1) is 12.7 Å². The van der Waals surface area contributed by atoms with Crippen LogP contribution in [0.25, 0.3) is 16.6 Å². The van der Waals surface area contributed by atoms with E-state index in [0.717, 1.165) is 27.0 Å². The molecule has 0 atom stereocenters. The molecular formula is C15H10BrFN2O2. The molecule has 0 spiro atoms. The number of hydrogen-bond donors (Lipinski definition) is 1. The van der Waals surface area contributed by atoms with Crippen LogP contribution in [0.2, 0.25) is 0 Å². The topological polar surface area (TPSA) is 55.1 Å². The van der Waals surface area contributed by atoms with E-state index in [-0.39, 0.29) is 5.56 Å². The number of hydrogen-bond acceptors (Lipinski definition) is 2. The van der Waals surface area contributed by atoms with E-state index in [9.17, 15) is 14.3 Å². The molecule has 2 aromatic heterocycles. The number of aromatic carboxylic acids is 1. The van der Waals surface area contributed by atoms with Crippen molar-refractivity contribution in [1.82, 2.24) is 9.55 Å². The lowest BCUT2D eigenvalue weighted by molar-refractivity contribution is 0.0696. The van der Waals surface area contributed by atoms with Crippen molar-refractivity contribution in [2.24, 2.45) is 0 Å². The highest BCUT2D eigenvalue weighted by Crippen LogP contribution is 2.31. The molecule has 0 aliphatic carbocycles. The molecule has 3 rings (SSSR count). The zero-order valence-corrected chi connectivity index (χ0v) is 12.6. The summed E-state index contributed by atoms with van der Waals surface area (Å²) in [5, 5.41) is 10.2. The fraction of sp³-hybridized carbons (Fsp3) is 0.0667. The zero-order chi connectivity index (χ0) is 15.1. The van der Waals surface area contributed by atoms with Crippen LogP contribution in [-0.4, -0.2) is 20.6 Å². The van der Waals surface area contributed by atoms with Crippen molar-refractivity contribution in [3.05, 3.63) is 58.2 Å². The molecule has 0 saturated heterocycles. The first-order valence-corrected chi connectivity index (χ1v) is 6.92. The Morgan fingerprint density at radius 2 is 2.14 bits per heavy atom. The van der Waals surface area contributed by atoms with Crippen LogP contribution < -0.4 is 0 Å². The van der Waals surface area contributed by atoms with Gasteiger partial charge in [0, 0.05) is 22.3 Å². The smallest absolute Gasteiger partial charge is 0.337 e. The minimum absolute atomic E-state index is 0.0964. The van der Waals surface area contributed by atoms with E-state index in [1.807, 2.05) is 6.92 Å². The summed E-state index contributed by atoms with van der Waals surface area (Å²) in [4.78, 5) is 15.5. The second kappa shape index (κ2) is 4.96. The Kier molecular flexibility index (Phi) is 3.25. The highest BCUT2D eigenvalue weighted by atomic mass is 79.9. The Bertz CT molecular complexity index is 873. The van der Waals surface area contributed by atoms with E-state index in [4.69, 9.17) is 0 Å². The van der Waals surface area contributed by atoms with Crippen LogP contribution in [0.15, 0.2) is 41.3 Å². The number of carbonyl (C=O) groups is 1. The van der Waals surface area contributed by atoms with Crippen molar-refractivity contribution in [2.45, 2.75) is 6.92 Å². The van der Waals surface area contributed by atoms with Crippen molar-refractivity contribution >= 4 is 32.8 Å². The molecule has 1 aromatic carbocycles. The third kappa shape index (κ3) is 2.21. The summed E-state index contributed by atoms with van der Waals surface area (Å²) in [5.41, 5.74) is 2.03. The first kappa shape index (κ1) is 13.8.